The van der Waals surface area contributed by atoms with E-state index in [4.69, 9.17) is 0 Å². The number of nitrogens with zero attached hydrogens (tertiary/aromatic N) is 3. The SMILES string of the molecule is O=S(=O)(CC1=NCCS1)c1[se]nnc1-c1ccccc1. The molecule has 1 aromatic heterocycles. The second-order valence-corrected chi connectivity index (χ2v) is 9.42. The van der Waals surface area contributed by atoms with E-state index in [2.05, 4.69) is 14.2 Å². The van der Waals surface area contributed by atoms with Gasteiger partial charge in [-0.15, -0.1) is 0 Å². The molecule has 0 unspecified atom stereocenters. The van der Waals surface area contributed by atoms with E-state index in [1.807, 2.05) is 30.3 Å². The van der Waals surface area contributed by atoms with E-state index in [0.29, 0.717) is 21.1 Å². The summed E-state index contributed by atoms with van der Waals surface area (Å²) in [6.45, 7) is 0.708. The van der Waals surface area contributed by atoms with Crippen molar-refractivity contribution < 1.29 is 8.42 Å². The number of hydrogen-bond donors (Lipinski definition) is 0. The molecule has 8 heteroatoms. The molecule has 0 fully saturated rings. The molecule has 1 aliphatic rings. The van der Waals surface area contributed by atoms with Gasteiger partial charge in [-0.25, -0.2) is 0 Å². The molecule has 3 rings (SSSR count). The number of aliphatic imine (C=N–C) groups is 1. The van der Waals surface area contributed by atoms with Crippen LogP contribution in [0.3, 0.4) is 0 Å². The minimum absolute atomic E-state index is 0.0177. The van der Waals surface area contributed by atoms with Crippen molar-refractivity contribution in [1.82, 2.24) is 9.19 Å². The fourth-order valence-corrected chi connectivity index (χ4v) is 6.55. The van der Waals surface area contributed by atoms with Crippen LogP contribution in [0.2, 0.25) is 0 Å². The number of aromatic nitrogens is 2. The Bertz CT molecular complexity index is 741. The summed E-state index contributed by atoms with van der Waals surface area (Å²) in [5.41, 5.74) is 1.30. The zero-order valence-corrected chi connectivity index (χ0v) is 13.7. The number of rotatable bonds is 4. The van der Waals surface area contributed by atoms with Gasteiger partial charge in [0.05, 0.1) is 0 Å². The summed E-state index contributed by atoms with van der Waals surface area (Å²) in [6.07, 6.45) is 0. The molecule has 0 amide bonds. The van der Waals surface area contributed by atoms with Gasteiger partial charge in [0.2, 0.25) is 0 Å². The van der Waals surface area contributed by atoms with E-state index in [9.17, 15) is 8.42 Å². The van der Waals surface area contributed by atoms with E-state index < -0.39 is 24.6 Å². The third-order valence-electron chi connectivity index (χ3n) is 2.75. The maximum atomic E-state index is 12.5. The zero-order valence-electron chi connectivity index (χ0n) is 10.4. The van der Waals surface area contributed by atoms with Crippen LogP contribution >= 0.6 is 11.8 Å². The molecule has 0 bridgehead atoms. The first kappa shape index (κ1) is 14.0. The Morgan fingerprint density at radius 3 is 2.75 bits per heavy atom. The van der Waals surface area contributed by atoms with Crippen molar-refractivity contribution in [2.45, 2.75) is 3.77 Å². The number of thioether (sulfide) groups is 1. The zero-order chi connectivity index (χ0) is 14.0. The first-order chi connectivity index (χ1) is 9.67. The normalized spacial score (nSPS) is 15.3. The molecule has 104 valence electrons. The van der Waals surface area contributed by atoms with E-state index in [-0.39, 0.29) is 5.75 Å². The summed E-state index contributed by atoms with van der Waals surface area (Å²) in [5.74, 6) is 0.853. The molecule has 1 aromatic carbocycles. The van der Waals surface area contributed by atoms with Crippen molar-refractivity contribution in [3.05, 3.63) is 30.3 Å². The molecule has 5 nitrogen and oxygen atoms in total. The van der Waals surface area contributed by atoms with E-state index >= 15 is 0 Å². The summed E-state index contributed by atoms with van der Waals surface area (Å²) < 4.78 is 29.4. The molecule has 0 radical (unpaired) electrons. The average Bonchev–Trinajstić information content (AvgIpc) is 3.09. The third-order valence-corrected chi connectivity index (χ3v) is 8.42. The molecule has 0 spiro atoms. The van der Waals surface area contributed by atoms with Gasteiger partial charge >= 0.3 is 127 Å². The molecule has 0 saturated carbocycles. The fourth-order valence-electron chi connectivity index (χ4n) is 1.85. The number of benzene rings is 1. The first-order valence-corrected chi connectivity index (χ1v) is 10.2. The Morgan fingerprint density at radius 2 is 2.05 bits per heavy atom. The average molecular weight is 372 g/mol. The van der Waals surface area contributed by atoms with Gasteiger partial charge in [-0.05, 0) is 0 Å². The Labute approximate surface area is 127 Å². The molecule has 1 aliphatic heterocycles. The standard InChI is InChI=1S/C12H11N3O2S2Se/c16-19(17,8-10-13-6-7-18-10)12-11(14-15-20-12)9-4-2-1-3-5-9/h1-5H,6-8H2. The van der Waals surface area contributed by atoms with Gasteiger partial charge in [0.15, 0.2) is 0 Å². The topological polar surface area (TPSA) is 72.3 Å². The van der Waals surface area contributed by atoms with Crippen LogP contribution in [0, 0.1) is 0 Å². The van der Waals surface area contributed by atoms with E-state index in [0.717, 1.165) is 11.3 Å². The third kappa shape index (κ3) is 2.88. The van der Waals surface area contributed by atoms with Crippen LogP contribution in [0.4, 0.5) is 0 Å². The van der Waals surface area contributed by atoms with Crippen LogP contribution in [-0.2, 0) is 9.84 Å². The summed E-state index contributed by atoms with van der Waals surface area (Å²) in [6, 6.07) is 9.33. The Balaban J connectivity index is 1.97. The number of hydrogen-bond acceptors (Lipinski definition) is 6. The second kappa shape index (κ2) is 5.81. The summed E-state index contributed by atoms with van der Waals surface area (Å²) in [4.78, 5) is 4.21. The second-order valence-electron chi connectivity index (χ2n) is 4.16. The summed E-state index contributed by atoms with van der Waals surface area (Å²) in [5, 5.41) is 4.74. The maximum absolute atomic E-state index is 12.5. The van der Waals surface area contributed by atoms with Crippen molar-refractivity contribution in [3.63, 3.8) is 0 Å². The van der Waals surface area contributed by atoms with Gasteiger partial charge in [-0.3, -0.25) is 0 Å². The monoisotopic (exact) mass is 373 g/mol. The van der Waals surface area contributed by atoms with Crippen LogP contribution in [0.25, 0.3) is 11.3 Å². The molecule has 2 aromatic rings. The van der Waals surface area contributed by atoms with Gasteiger partial charge in [0, 0.05) is 0 Å². The molecular formula is C12H11N3O2S2Se. The summed E-state index contributed by atoms with van der Waals surface area (Å²) >= 11 is 1.05. The molecule has 2 heterocycles. The number of sulfone groups is 1. The van der Waals surface area contributed by atoms with Gasteiger partial charge in [0.25, 0.3) is 0 Å². The van der Waals surface area contributed by atoms with Gasteiger partial charge in [-0.2, -0.15) is 0 Å². The quantitative estimate of drug-likeness (QED) is 0.752. The summed E-state index contributed by atoms with van der Waals surface area (Å²) in [7, 11) is -3.37. The molecule has 0 atom stereocenters. The van der Waals surface area contributed by atoms with E-state index in [1.165, 1.54) is 11.8 Å². The molecule has 20 heavy (non-hydrogen) atoms. The van der Waals surface area contributed by atoms with Crippen molar-refractivity contribution in [2.24, 2.45) is 4.99 Å². The van der Waals surface area contributed by atoms with Crippen molar-refractivity contribution >= 4 is 41.4 Å². The Kier molecular flexibility index (Phi) is 4.07. The van der Waals surface area contributed by atoms with Gasteiger partial charge in [-0.1, -0.05) is 0 Å². The van der Waals surface area contributed by atoms with Crippen LogP contribution in [0.15, 0.2) is 39.1 Å². The van der Waals surface area contributed by atoms with Crippen LogP contribution in [-0.4, -0.2) is 55.4 Å². The molecular weight excluding hydrogens is 361 g/mol. The van der Waals surface area contributed by atoms with Crippen molar-refractivity contribution in [1.29, 1.82) is 0 Å². The minimum atomic E-state index is -3.37. The Hall–Kier alpha value is -0.951. The van der Waals surface area contributed by atoms with Crippen LogP contribution in [0.1, 0.15) is 0 Å². The first-order valence-electron chi connectivity index (χ1n) is 5.93. The predicted octanol–water partition coefficient (Wildman–Crippen LogP) is 1.12. The van der Waals surface area contributed by atoms with Crippen molar-refractivity contribution in [2.75, 3.05) is 18.1 Å². The van der Waals surface area contributed by atoms with Gasteiger partial charge in [0.1, 0.15) is 0 Å². The molecule has 0 saturated heterocycles. The predicted molar refractivity (Wildman–Crippen MR) is 81.2 cm³/mol. The van der Waals surface area contributed by atoms with Crippen LogP contribution in [0.5, 0.6) is 0 Å². The van der Waals surface area contributed by atoms with E-state index in [1.54, 1.807) is 0 Å². The van der Waals surface area contributed by atoms with Gasteiger partial charge < -0.3 is 0 Å². The molecule has 0 N–H and O–H groups in total. The molecule has 0 aliphatic carbocycles. The van der Waals surface area contributed by atoms with Crippen molar-refractivity contribution in [3.8, 4) is 11.3 Å². The van der Waals surface area contributed by atoms with Crippen LogP contribution < -0.4 is 0 Å². The Morgan fingerprint density at radius 1 is 1.25 bits per heavy atom. The fraction of sp³-hybridized carbons (Fsp3) is 0.250.